The van der Waals surface area contributed by atoms with Gasteiger partial charge in [-0.25, -0.2) is 4.98 Å². The van der Waals surface area contributed by atoms with Crippen LogP contribution in [0.1, 0.15) is 18.1 Å². The quantitative estimate of drug-likeness (QED) is 0.665. The van der Waals surface area contributed by atoms with Crippen LogP contribution in [0.3, 0.4) is 0 Å². The average molecular weight is 380 g/mol. The van der Waals surface area contributed by atoms with E-state index in [4.69, 9.17) is 14.5 Å². The number of hydrogen-bond acceptors (Lipinski definition) is 5. The molecular weight excluding hydrogens is 360 g/mol. The number of pyridine rings is 1. The molecule has 1 aliphatic rings. The number of benzene rings is 2. The van der Waals surface area contributed by atoms with Crippen molar-refractivity contribution in [3.8, 4) is 11.5 Å². The van der Waals surface area contributed by atoms with Crippen molar-refractivity contribution in [2.45, 2.75) is 31.0 Å². The Morgan fingerprint density at radius 3 is 2.78 bits per heavy atom. The van der Waals surface area contributed by atoms with Gasteiger partial charge in [0, 0.05) is 17.1 Å². The minimum absolute atomic E-state index is 0.0804. The maximum Gasteiger partial charge on any atom is 0.237 e. The highest BCUT2D eigenvalue weighted by Gasteiger charge is 2.19. The molecule has 2 aromatic carbocycles. The number of aromatic nitrogens is 1. The molecule has 0 saturated carbocycles. The van der Waals surface area contributed by atoms with Crippen molar-refractivity contribution < 1.29 is 14.3 Å². The fourth-order valence-corrected chi connectivity index (χ4v) is 3.96. The highest BCUT2D eigenvalue weighted by Crippen LogP contribution is 2.34. The van der Waals surface area contributed by atoms with Crippen molar-refractivity contribution in [1.29, 1.82) is 0 Å². The highest BCUT2D eigenvalue weighted by molar-refractivity contribution is 8.00. The Bertz CT molecular complexity index is 1040. The SMILES string of the molecule is Cc1cc(S[C@H](C)C(=O)Nc2ccc3c(c2)OCO3)nc2c(C)cccc12. The first-order valence-electron chi connectivity index (χ1n) is 8.75. The molecule has 27 heavy (non-hydrogen) atoms. The summed E-state index contributed by atoms with van der Waals surface area (Å²) in [4.78, 5) is 17.4. The first kappa shape index (κ1) is 17.7. The topological polar surface area (TPSA) is 60.5 Å². The van der Waals surface area contributed by atoms with Gasteiger partial charge in [0.25, 0.3) is 0 Å². The van der Waals surface area contributed by atoms with E-state index in [1.807, 2.05) is 25.1 Å². The first-order valence-corrected chi connectivity index (χ1v) is 9.63. The maximum absolute atomic E-state index is 12.6. The van der Waals surface area contributed by atoms with Crippen LogP contribution >= 0.6 is 11.8 Å². The molecule has 0 spiro atoms. The Balaban J connectivity index is 1.50. The van der Waals surface area contributed by atoms with Crippen molar-refractivity contribution in [3.05, 3.63) is 53.6 Å². The van der Waals surface area contributed by atoms with E-state index in [9.17, 15) is 4.79 Å². The second kappa shape index (κ2) is 7.12. The van der Waals surface area contributed by atoms with Gasteiger partial charge in [-0.2, -0.15) is 0 Å². The van der Waals surface area contributed by atoms with E-state index < -0.39 is 0 Å². The summed E-state index contributed by atoms with van der Waals surface area (Å²) in [5, 5.41) is 4.64. The molecule has 138 valence electrons. The van der Waals surface area contributed by atoms with Gasteiger partial charge in [-0.1, -0.05) is 30.0 Å². The molecule has 1 atom stereocenters. The lowest BCUT2D eigenvalue weighted by molar-refractivity contribution is -0.115. The normalized spacial score (nSPS) is 13.6. The number of aryl methyl sites for hydroxylation is 2. The summed E-state index contributed by atoms with van der Waals surface area (Å²) in [6.07, 6.45) is 0. The van der Waals surface area contributed by atoms with Gasteiger partial charge in [-0.3, -0.25) is 4.79 Å². The van der Waals surface area contributed by atoms with E-state index in [0.29, 0.717) is 17.2 Å². The summed E-state index contributed by atoms with van der Waals surface area (Å²) in [6.45, 7) is 6.22. The van der Waals surface area contributed by atoms with Crippen LogP contribution in [-0.4, -0.2) is 22.9 Å². The van der Waals surface area contributed by atoms with Crippen LogP contribution in [0.2, 0.25) is 0 Å². The molecule has 4 rings (SSSR count). The van der Waals surface area contributed by atoms with Gasteiger partial charge < -0.3 is 14.8 Å². The summed E-state index contributed by atoms with van der Waals surface area (Å²) >= 11 is 1.45. The predicted molar refractivity (Wildman–Crippen MR) is 108 cm³/mol. The number of carbonyl (C=O) groups excluding carboxylic acids is 1. The molecule has 1 aliphatic heterocycles. The molecule has 3 aromatic rings. The van der Waals surface area contributed by atoms with E-state index >= 15 is 0 Å². The average Bonchev–Trinajstić information content (AvgIpc) is 3.10. The zero-order valence-electron chi connectivity index (χ0n) is 15.4. The molecule has 5 nitrogen and oxygen atoms in total. The third kappa shape index (κ3) is 3.57. The summed E-state index contributed by atoms with van der Waals surface area (Å²) in [5.41, 5.74) is 3.98. The fourth-order valence-electron chi connectivity index (χ4n) is 3.04. The lowest BCUT2D eigenvalue weighted by atomic mass is 10.1. The Labute approximate surface area is 162 Å². The van der Waals surface area contributed by atoms with Crippen molar-refractivity contribution in [2.75, 3.05) is 12.1 Å². The number of para-hydroxylation sites is 1. The van der Waals surface area contributed by atoms with Crippen LogP contribution in [-0.2, 0) is 4.79 Å². The van der Waals surface area contributed by atoms with Crippen molar-refractivity contribution in [2.24, 2.45) is 0 Å². The Kier molecular flexibility index (Phi) is 4.66. The van der Waals surface area contributed by atoms with Gasteiger partial charge in [0.1, 0.15) is 0 Å². The third-order valence-electron chi connectivity index (χ3n) is 4.53. The largest absolute Gasteiger partial charge is 0.454 e. The van der Waals surface area contributed by atoms with Gasteiger partial charge in [-0.15, -0.1) is 0 Å². The third-order valence-corrected chi connectivity index (χ3v) is 5.55. The van der Waals surface area contributed by atoms with Crippen LogP contribution in [0, 0.1) is 13.8 Å². The summed E-state index contributed by atoms with van der Waals surface area (Å²) < 4.78 is 10.6. The van der Waals surface area contributed by atoms with E-state index in [-0.39, 0.29) is 18.0 Å². The summed E-state index contributed by atoms with van der Waals surface area (Å²) in [6, 6.07) is 13.6. The van der Waals surface area contributed by atoms with Crippen LogP contribution in [0.25, 0.3) is 10.9 Å². The van der Waals surface area contributed by atoms with Crippen LogP contribution < -0.4 is 14.8 Å². The number of amides is 1. The summed E-state index contributed by atoms with van der Waals surface area (Å²) in [7, 11) is 0. The monoisotopic (exact) mass is 380 g/mol. The number of hydrogen-bond donors (Lipinski definition) is 1. The fraction of sp³-hybridized carbons (Fsp3) is 0.238. The van der Waals surface area contributed by atoms with E-state index in [2.05, 4.69) is 31.3 Å². The molecule has 1 amide bonds. The molecule has 1 aromatic heterocycles. The molecule has 0 radical (unpaired) electrons. The van der Waals surface area contributed by atoms with Gasteiger partial charge in [-0.05, 0) is 50.1 Å². The van der Waals surface area contributed by atoms with Gasteiger partial charge in [0.2, 0.25) is 12.7 Å². The number of anilines is 1. The lowest BCUT2D eigenvalue weighted by Crippen LogP contribution is -2.22. The van der Waals surface area contributed by atoms with Crippen LogP contribution in [0.4, 0.5) is 5.69 Å². The molecular formula is C21H20N2O3S. The Morgan fingerprint density at radius 1 is 1.11 bits per heavy atom. The second-order valence-corrected chi connectivity index (χ2v) is 7.93. The molecule has 0 fully saturated rings. The van der Waals surface area contributed by atoms with E-state index in [1.165, 1.54) is 11.8 Å². The van der Waals surface area contributed by atoms with Crippen LogP contribution in [0.5, 0.6) is 11.5 Å². The molecule has 0 unspecified atom stereocenters. The molecule has 0 aliphatic carbocycles. The molecule has 6 heteroatoms. The highest BCUT2D eigenvalue weighted by atomic mass is 32.2. The number of nitrogens with zero attached hydrogens (tertiary/aromatic N) is 1. The molecule has 0 saturated heterocycles. The second-order valence-electron chi connectivity index (χ2n) is 6.57. The van der Waals surface area contributed by atoms with Crippen LogP contribution in [0.15, 0.2) is 47.5 Å². The van der Waals surface area contributed by atoms with Crippen molar-refractivity contribution >= 4 is 34.3 Å². The van der Waals surface area contributed by atoms with E-state index in [0.717, 1.165) is 27.1 Å². The van der Waals surface area contributed by atoms with Gasteiger partial charge in [0.15, 0.2) is 11.5 Å². The number of rotatable bonds is 4. The zero-order valence-corrected chi connectivity index (χ0v) is 16.2. The molecule has 1 N–H and O–H groups in total. The number of fused-ring (bicyclic) bond motifs is 2. The van der Waals surface area contributed by atoms with E-state index in [1.54, 1.807) is 12.1 Å². The van der Waals surface area contributed by atoms with Crippen molar-refractivity contribution in [3.63, 3.8) is 0 Å². The number of nitrogens with one attached hydrogen (secondary N) is 1. The first-order chi connectivity index (χ1) is 13.0. The Hall–Kier alpha value is -2.73. The zero-order chi connectivity index (χ0) is 19.0. The minimum atomic E-state index is -0.288. The minimum Gasteiger partial charge on any atom is -0.454 e. The standard InChI is InChI=1S/C21H20N2O3S/c1-12-5-4-6-16-13(2)9-19(23-20(12)16)27-14(3)21(24)22-15-7-8-17-18(10-15)26-11-25-17/h4-10,14H,11H2,1-3H3,(H,22,24)/t14-/m1/s1. The molecule has 2 heterocycles. The number of ether oxygens (including phenoxy) is 2. The lowest BCUT2D eigenvalue weighted by Gasteiger charge is -2.13. The maximum atomic E-state index is 12.6. The Morgan fingerprint density at radius 2 is 1.93 bits per heavy atom. The van der Waals surface area contributed by atoms with Crippen molar-refractivity contribution in [1.82, 2.24) is 4.98 Å². The number of carbonyl (C=O) groups is 1. The van der Waals surface area contributed by atoms with Gasteiger partial charge >= 0.3 is 0 Å². The predicted octanol–water partition coefficient (Wildman–Crippen LogP) is 4.70. The summed E-state index contributed by atoms with van der Waals surface area (Å²) in [5.74, 6) is 1.26. The smallest absolute Gasteiger partial charge is 0.237 e. The number of thioether (sulfide) groups is 1. The van der Waals surface area contributed by atoms with Gasteiger partial charge in [0.05, 0.1) is 15.8 Å². The molecule has 0 bridgehead atoms.